The predicted octanol–water partition coefficient (Wildman–Crippen LogP) is 28.2. The average molecular weight is 1610 g/mol. The van der Waals surface area contributed by atoms with Gasteiger partial charge in [-0.05, 0) is 170 Å². The Morgan fingerprint density at radius 2 is 0.500 bits per heavy atom. The van der Waals surface area contributed by atoms with Gasteiger partial charge < -0.3 is 29.4 Å². The predicted molar refractivity (Wildman–Crippen MR) is 531 cm³/mol. The molecule has 6 heterocycles. The number of para-hydroxylation sites is 8. The van der Waals surface area contributed by atoms with E-state index in [0.717, 1.165) is 147 Å². The van der Waals surface area contributed by atoms with Gasteiger partial charge in [0.15, 0.2) is 0 Å². The highest BCUT2D eigenvalue weighted by molar-refractivity contribution is 7.27. The molecule has 2 aromatic heterocycles. The minimum atomic E-state index is -0.307. The molecule has 578 valence electrons. The van der Waals surface area contributed by atoms with E-state index < -0.39 is 0 Å². The Labute approximate surface area is 729 Å². The first kappa shape index (κ1) is 71.5. The van der Waals surface area contributed by atoms with Crippen molar-refractivity contribution >= 4 is 212 Å². The van der Waals surface area contributed by atoms with Crippen LogP contribution in [0.25, 0.3) is 84.9 Å². The summed E-state index contributed by atoms with van der Waals surface area (Å²) in [5, 5.41) is 4.97. The molecule has 0 bridgehead atoms. The second-order valence-corrected chi connectivity index (χ2v) is 34.6. The molecule has 0 radical (unpaired) electrons. The van der Waals surface area contributed by atoms with E-state index in [1.54, 1.807) is 0 Å². The quantitative estimate of drug-likeness (QED) is 0.100. The van der Waals surface area contributed by atoms with E-state index in [9.17, 15) is 0 Å². The molecule has 0 amide bonds. The molecule has 124 heavy (non-hydrogen) atoms. The number of nitrogens with zero attached hydrogens (tertiary/aromatic N) is 6. The van der Waals surface area contributed by atoms with E-state index in [2.05, 4.69) is 478 Å². The van der Waals surface area contributed by atoms with Gasteiger partial charge in [-0.3, -0.25) is 0 Å². The number of benzene rings is 19. The Morgan fingerprint density at radius 1 is 0.202 bits per heavy atom. The fourth-order valence-corrected chi connectivity index (χ4v) is 23.0. The van der Waals surface area contributed by atoms with Gasteiger partial charge in [0.1, 0.15) is 0 Å². The normalized spacial score (nSPS) is 12.7. The summed E-state index contributed by atoms with van der Waals surface area (Å²) in [7, 11) is 0. The first-order chi connectivity index (χ1) is 61.6. The summed E-state index contributed by atoms with van der Waals surface area (Å²) in [5.74, 6) is 0. The fourth-order valence-electron chi connectivity index (χ4n) is 20.6. The van der Waals surface area contributed by atoms with Gasteiger partial charge in [-0.2, -0.15) is 0 Å². The van der Waals surface area contributed by atoms with Gasteiger partial charge >= 0.3 is 0 Å². The lowest BCUT2D eigenvalue weighted by Gasteiger charge is -2.48. The molecule has 0 atom stereocenters. The monoisotopic (exact) mass is 1610 g/mol. The van der Waals surface area contributed by atoms with Crippen LogP contribution in [0.1, 0.15) is 0 Å². The molecule has 0 spiro atoms. The van der Waals surface area contributed by atoms with E-state index in [1.165, 1.54) is 73.1 Å². The SMILES string of the molecule is c1ccc(-c2cccc(-c3ccccc3)c2N2c3ccccc3B3c4cc5c(cc4N(c4ccccc4)c4cc(N(c6ccccc6)c6cccc7c6sc6ccccc67)cc2c43)N(c2ccccc2)c2cc(N(c3ccccc3)c3cccc4c3sc3ccccc34)cc3c2B5c2ccccc2N3c2c(-c3ccccc3)cccc2-c2ccccc2)cc1. The Bertz CT molecular complexity index is 7220. The largest absolute Gasteiger partial charge is 0.311 e. The van der Waals surface area contributed by atoms with Crippen LogP contribution < -0.4 is 62.2 Å². The molecule has 0 unspecified atom stereocenters. The summed E-state index contributed by atoms with van der Waals surface area (Å²) in [6, 6.07) is 168. The van der Waals surface area contributed by atoms with Crippen molar-refractivity contribution in [3.05, 3.63) is 449 Å². The minimum Gasteiger partial charge on any atom is -0.311 e. The van der Waals surface area contributed by atoms with Crippen molar-refractivity contribution in [3.8, 4) is 44.5 Å². The van der Waals surface area contributed by atoms with Gasteiger partial charge in [0.2, 0.25) is 0 Å². The number of anilines is 18. The lowest BCUT2D eigenvalue weighted by molar-refractivity contribution is 1.22. The molecule has 0 saturated heterocycles. The van der Waals surface area contributed by atoms with Crippen molar-refractivity contribution in [2.24, 2.45) is 0 Å². The molecule has 0 N–H and O–H groups in total. The van der Waals surface area contributed by atoms with E-state index in [4.69, 9.17) is 0 Å². The highest BCUT2D eigenvalue weighted by atomic mass is 32.1. The van der Waals surface area contributed by atoms with E-state index in [-0.39, 0.29) is 13.4 Å². The van der Waals surface area contributed by atoms with Crippen LogP contribution in [0, 0.1) is 0 Å². The number of thiophene rings is 2. The lowest BCUT2D eigenvalue weighted by atomic mass is 9.30. The van der Waals surface area contributed by atoms with Crippen LogP contribution in [0.2, 0.25) is 0 Å². The van der Waals surface area contributed by atoms with Gasteiger partial charge in [-0.15, -0.1) is 22.7 Å². The summed E-state index contributed by atoms with van der Waals surface area (Å²) < 4.78 is 4.95. The van der Waals surface area contributed by atoms with Crippen molar-refractivity contribution in [3.63, 3.8) is 0 Å². The zero-order chi connectivity index (χ0) is 81.5. The van der Waals surface area contributed by atoms with Gasteiger partial charge in [-0.1, -0.05) is 334 Å². The zero-order valence-electron chi connectivity index (χ0n) is 67.4. The zero-order valence-corrected chi connectivity index (χ0v) is 69.0. The second-order valence-electron chi connectivity index (χ2n) is 32.5. The molecule has 0 aliphatic carbocycles. The topological polar surface area (TPSA) is 19.4 Å². The third kappa shape index (κ3) is 11.3. The van der Waals surface area contributed by atoms with Crippen LogP contribution in [-0.4, -0.2) is 13.4 Å². The van der Waals surface area contributed by atoms with Crippen LogP contribution in [-0.2, 0) is 0 Å². The summed E-state index contributed by atoms with van der Waals surface area (Å²) in [4.78, 5) is 15.7. The van der Waals surface area contributed by atoms with Crippen molar-refractivity contribution in [1.29, 1.82) is 0 Å². The first-order valence-electron chi connectivity index (χ1n) is 42.6. The first-order valence-corrected chi connectivity index (χ1v) is 44.2. The van der Waals surface area contributed by atoms with Crippen molar-refractivity contribution in [2.75, 3.05) is 29.4 Å². The van der Waals surface area contributed by atoms with E-state index in [1.807, 2.05) is 22.7 Å². The Morgan fingerprint density at radius 3 is 0.871 bits per heavy atom. The van der Waals surface area contributed by atoms with Crippen molar-refractivity contribution in [1.82, 2.24) is 0 Å². The maximum Gasteiger partial charge on any atom is 0.252 e. The molecule has 19 aromatic carbocycles. The Hall–Kier alpha value is -15.5. The van der Waals surface area contributed by atoms with E-state index in [0.29, 0.717) is 0 Å². The van der Waals surface area contributed by atoms with Crippen molar-refractivity contribution in [2.45, 2.75) is 0 Å². The highest BCUT2D eigenvalue weighted by Gasteiger charge is 2.50. The maximum atomic E-state index is 2.68. The van der Waals surface area contributed by atoms with Crippen LogP contribution in [0.5, 0.6) is 0 Å². The van der Waals surface area contributed by atoms with Gasteiger partial charge in [-0.25, -0.2) is 0 Å². The number of hydrogen-bond donors (Lipinski definition) is 0. The number of rotatable bonds is 14. The summed E-state index contributed by atoms with van der Waals surface area (Å²) in [6.45, 7) is -0.615. The summed E-state index contributed by atoms with van der Waals surface area (Å²) >= 11 is 3.74. The molecule has 10 heteroatoms. The maximum absolute atomic E-state index is 2.68. The molecular weight excluding hydrogens is 1540 g/mol. The molecule has 0 saturated carbocycles. The third-order valence-electron chi connectivity index (χ3n) is 25.7. The average Bonchev–Trinajstić information content (AvgIpc) is 0.790. The van der Waals surface area contributed by atoms with Gasteiger partial charge in [0.25, 0.3) is 13.4 Å². The molecule has 4 aliphatic heterocycles. The minimum absolute atomic E-state index is 0.307. The molecule has 4 aliphatic rings. The molecular formula is C114H74B2N6S2. The van der Waals surface area contributed by atoms with Gasteiger partial charge in [0, 0.05) is 121 Å². The standard InChI is InChI=1S/C114H74B2N6S2/c1-9-37-75(38-10-1)85-55-33-56-86(76-39-11-2-12-40-76)111(85)121-97-63-29-27-61-93(97)115-95-73-96-102(74-101(95)119(81-49-21-7-22-50-81)103-69-83(71-105(121)109(103)115)117(79-45-17-5-18-46-79)99-65-35-59-91-89-53-25-31-67-107(89)123-113(91)99)120(82-51-23-8-24-52-82)104-70-84(118(80-47-19-6-20-48-80)100-66-36-60-92-90-54-26-32-68-108(90)124-114(92)100)72-106-110(104)116(96)94-62-28-30-64-98(94)122(106)112-87(77-41-13-3-14-42-77)57-34-58-88(112)78-43-15-4-16-44-78/h1-74H. The van der Waals surface area contributed by atoms with Crippen LogP contribution in [0.15, 0.2) is 449 Å². The smallest absolute Gasteiger partial charge is 0.252 e. The van der Waals surface area contributed by atoms with Crippen LogP contribution in [0.3, 0.4) is 0 Å². The lowest BCUT2D eigenvalue weighted by Crippen LogP contribution is -2.65. The van der Waals surface area contributed by atoms with E-state index >= 15 is 0 Å². The van der Waals surface area contributed by atoms with Crippen LogP contribution >= 0.6 is 22.7 Å². The molecule has 0 fully saturated rings. The Balaban J connectivity index is 0.817. The number of hydrogen-bond acceptors (Lipinski definition) is 8. The molecule has 25 rings (SSSR count). The second kappa shape index (κ2) is 29.2. The third-order valence-corrected chi connectivity index (χ3v) is 28.1. The van der Waals surface area contributed by atoms with Crippen molar-refractivity contribution < 1.29 is 0 Å². The summed E-state index contributed by atoms with van der Waals surface area (Å²) in [6.07, 6.45) is 0. The van der Waals surface area contributed by atoms with Gasteiger partial charge in [0.05, 0.1) is 43.5 Å². The molecule has 6 nitrogen and oxygen atoms in total. The highest BCUT2D eigenvalue weighted by Crippen LogP contribution is 2.58. The fraction of sp³-hybridized carbons (Fsp3) is 0. The summed E-state index contributed by atoms with van der Waals surface area (Å²) in [5.41, 5.74) is 35.8. The number of fused-ring (bicyclic) bond motifs is 14. The van der Waals surface area contributed by atoms with Crippen LogP contribution in [0.4, 0.5) is 102 Å². The Kier molecular flexibility index (Phi) is 16.8. The molecule has 21 aromatic rings.